The van der Waals surface area contributed by atoms with Gasteiger partial charge in [0.2, 0.25) is 0 Å². The second kappa shape index (κ2) is 4.11. The normalized spacial score (nSPS) is 12.5. The molecule has 3 rings (SSSR count). The number of thiazole rings is 1. The number of halogens is 1. The number of aryl methyl sites for hydroxylation is 2. The van der Waals surface area contributed by atoms with E-state index in [9.17, 15) is 10.1 Å². The fraction of sp³-hybridized carbons (Fsp3) is 0.222. The Kier molecular flexibility index (Phi) is 2.92. The molecule has 0 bridgehead atoms. The number of aromatic nitrogens is 1. The van der Waals surface area contributed by atoms with Crippen molar-refractivity contribution < 1.29 is 9.34 Å². The molecule has 0 amide bonds. The summed E-state index contributed by atoms with van der Waals surface area (Å²) < 4.78 is 5.16. The van der Waals surface area contributed by atoms with Gasteiger partial charge in [-0.2, -0.15) is 0 Å². The first-order valence-corrected chi connectivity index (χ1v) is 5.49. The van der Waals surface area contributed by atoms with Gasteiger partial charge in [-0.1, -0.05) is 0 Å². The van der Waals surface area contributed by atoms with Crippen LogP contribution in [0.4, 0.5) is 11.0 Å². The number of rotatable bonds is 1. The van der Waals surface area contributed by atoms with Crippen LogP contribution in [-0.2, 0) is 12.8 Å². The molecule has 2 aromatic heterocycles. The molecule has 0 unspecified atom stereocenters. The highest BCUT2D eigenvalue weighted by atomic mass is 79.9. The Morgan fingerprint density at radius 1 is 1.53 bits per heavy atom. The average Bonchev–Trinajstić information content (AvgIpc) is 2.77. The molecule has 0 saturated carbocycles. The fourth-order valence-corrected chi connectivity index (χ4v) is 2.71. The molecule has 2 heterocycles. The van der Waals surface area contributed by atoms with Crippen LogP contribution in [0.3, 0.4) is 0 Å². The minimum atomic E-state index is -0.534. The Balaban J connectivity index is 0.00000108. The molecule has 2 aromatic rings. The Labute approximate surface area is 110 Å². The third kappa shape index (κ3) is 1.83. The van der Waals surface area contributed by atoms with Crippen molar-refractivity contribution in [1.29, 1.82) is 0 Å². The van der Waals surface area contributed by atoms with Gasteiger partial charge in [0.1, 0.15) is 10.7 Å². The molecule has 1 aliphatic carbocycles. The number of fused-ring (bicyclic) bond motifs is 3. The summed E-state index contributed by atoms with van der Waals surface area (Å²) in [5, 5.41) is 11.1. The number of nitrogens with two attached hydrogens (primary N) is 1. The van der Waals surface area contributed by atoms with Gasteiger partial charge in [0.25, 0.3) is 0 Å². The van der Waals surface area contributed by atoms with Crippen molar-refractivity contribution in [2.45, 2.75) is 12.8 Å². The van der Waals surface area contributed by atoms with Crippen molar-refractivity contribution in [3.05, 3.63) is 26.8 Å². The summed E-state index contributed by atoms with van der Waals surface area (Å²) in [6, 6.07) is 1.42. The van der Waals surface area contributed by atoms with Crippen molar-refractivity contribution in [2.24, 2.45) is 0 Å². The predicted molar refractivity (Wildman–Crippen MR) is 68.6 cm³/mol. The number of anilines is 1. The quantitative estimate of drug-likeness (QED) is 0.644. The van der Waals surface area contributed by atoms with Crippen LogP contribution in [0.25, 0.3) is 11.3 Å². The molecule has 6 nitrogen and oxygen atoms in total. The lowest BCUT2D eigenvalue weighted by molar-refractivity contribution is -0.402. The zero-order valence-corrected chi connectivity index (χ0v) is 11.0. The summed E-state index contributed by atoms with van der Waals surface area (Å²) in [5.41, 5.74) is 7.07. The molecule has 1 aliphatic rings. The number of hydrogen-bond acceptors (Lipinski definition) is 6. The van der Waals surface area contributed by atoms with Gasteiger partial charge < -0.3 is 10.2 Å². The number of nitrogens with zero attached hydrogens (tertiary/aromatic N) is 2. The average molecular weight is 318 g/mol. The molecule has 8 heteroatoms. The van der Waals surface area contributed by atoms with Gasteiger partial charge in [-0.3, -0.25) is 10.1 Å². The SMILES string of the molecule is Br.Nc1nc2c(s1)CCc1oc([N+](=O)[O-])cc1-2. The number of nitrogen functional groups attached to an aromatic ring is 1. The van der Waals surface area contributed by atoms with Gasteiger partial charge in [-0.05, 0) is 6.42 Å². The number of hydrogen-bond donors (Lipinski definition) is 1. The van der Waals surface area contributed by atoms with Gasteiger partial charge in [0, 0.05) is 11.3 Å². The summed E-state index contributed by atoms with van der Waals surface area (Å²) in [5.74, 6) is 0.397. The molecule has 0 saturated heterocycles. The largest absolute Gasteiger partial charge is 0.433 e. The monoisotopic (exact) mass is 317 g/mol. The third-order valence-electron chi connectivity index (χ3n) is 2.52. The van der Waals surface area contributed by atoms with E-state index in [-0.39, 0.29) is 22.9 Å². The van der Waals surface area contributed by atoms with Gasteiger partial charge in [0.15, 0.2) is 5.13 Å². The van der Waals surface area contributed by atoms with E-state index in [0.717, 1.165) is 17.0 Å². The van der Waals surface area contributed by atoms with Gasteiger partial charge >= 0.3 is 5.88 Å². The van der Waals surface area contributed by atoms with E-state index in [4.69, 9.17) is 10.2 Å². The van der Waals surface area contributed by atoms with Crippen molar-refractivity contribution in [1.82, 2.24) is 4.98 Å². The first-order chi connectivity index (χ1) is 7.65. The number of furan rings is 1. The first-order valence-electron chi connectivity index (χ1n) is 4.68. The lowest BCUT2D eigenvalue weighted by Crippen LogP contribution is -1.98. The zero-order valence-electron chi connectivity index (χ0n) is 8.50. The van der Waals surface area contributed by atoms with E-state index in [0.29, 0.717) is 22.9 Å². The molecule has 0 atom stereocenters. The van der Waals surface area contributed by atoms with Crippen molar-refractivity contribution in [3.63, 3.8) is 0 Å². The van der Waals surface area contributed by atoms with Crippen LogP contribution in [0, 0.1) is 10.1 Å². The lowest BCUT2D eigenvalue weighted by Gasteiger charge is -2.06. The van der Waals surface area contributed by atoms with E-state index in [1.54, 1.807) is 0 Å². The maximum Gasteiger partial charge on any atom is 0.433 e. The first kappa shape index (κ1) is 12.1. The standard InChI is InChI=1S/C9H7N3O3S.BrH/c10-9-11-8-4-3-7(12(13)14)15-5(4)1-2-6(8)16-9;/h3H,1-2H2,(H2,10,11);1H. The van der Waals surface area contributed by atoms with Gasteiger partial charge in [-0.25, -0.2) is 4.98 Å². The Morgan fingerprint density at radius 3 is 3.00 bits per heavy atom. The van der Waals surface area contributed by atoms with Crippen molar-refractivity contribution in [3.8, 4) is 11.3 Å². The smallest absolute Gasteiger partial charge is 0.405 e. The highest BCUT2D eigenvalue weighted by Gasteiger charge is 2.27. The summed E-state index contributed by atoms with van der Waals surface area (Å²) in [6.07, 6.45) is 1.44. The molecule has 0 fully saturated rings. The number of nitro groups is 1. The topological polar surface area (TPSA) is 95.2 Å². The summed E-state index contributed by atoms with van der Waals surface area (Å²) >= 11 is 1.43. The highest BCUT2D eigenvalue weighted by molar-refractivity contribution is 8.93. The third-order valence-corrected chi connectivity index (χ3v) is 3.47. The maximum atomic E-state index is 10.6. The van der Waals surface area contributed by atoms with Gasteiger partial charge in [0.05, 0.1) is 17.3 Å². The Hall–Kier alpha value is -1.41. The predicted octanol–water partition coefficient (Wildman–Crippen LogP) is 2.57. The molecule has 17 heavy (non-hydrogen) atoms. The summed E-state index contributed by atoms with van der Waals surface area (Å²) in [7, 11) is 0. The Morgan fingerprint density at radius 2 is 2.29 bits per heavy atom. The second-order valence-corrected chi connectivity index (χ2v) is 4.62. The summed E-state index contributed by atoms with van der Waals surface area (Å²) in [4.78, 5) is 15.3. The molecule has 0 aromatic carbocycles. The zero-order chi connectivity index (χ0) is 11.3. The summed E-state index contributed by atoms with van der Waals surface area (Å²) in [6.45, 7) is 0. The minimum Gasteiger partial charge on any atom is -0.405 e. The maximum absolute atomic E-state index is 10.6. The van der Waals surface area contributed by atoms with E-state index in [1.807, 2.05) is 0 Å². The van der Waals surface area contributed by atoms with E-state index in [2.05, 4.69) is 4.98 Å². The lowest BCUT2D eigenvalue weighted by atomic mass is 10.0. The van der Waals surface area contributed by atoms with Crippen LogP contribution in [0.1, 0.15) is 10.6 Å². The molecule has 90 valence electrons. The van der Waals surface area contributed by atoms with Crippen LogP contribution in [0.5, 0.6) is 0 Å². The fourth-order valence-electron chi connectivity index (χ4n) is 1.87. The van der Waals surface area contributed by atoms with E-state index >= 15 is 0 Å². The molecule has 0 spiro atoms. The van der Waals surface area contributed by atoms with E-state index < -0.39 is 4.92 Å². The van der Waals surface area contributed by atoms with Crippen LogP contribution in [0.15, 0.2) is 10.5 Å². The molecule has 0 aliphatic heterocycles. The van der Waals surface area contributed by atoms with Crippen LogP contribution < -0.4 is 5.73 Å². The molecular formula is C9H8BrN3O3S. The van der Waals surface area contributed by atoms with E-state index in [1.165, 1.54) is 17.4 Å². The van der Waals surface area contributed by atoms with Crippen molar-refractivity contribution >= 4 is 39.3 Å². The Bertz CT molecular complexity index is 592. The van der Waals surface area contributed by atoms with Crippen molar-refractivity contribution in [2.75, 3.05) is 5.73 Å². The molecular weight excluding hydrogens is 310 g/mol. The van der Waals surface area contributed by atoms with Crippen LogP contribution >= 0.6 is 28.3 Å². The molecule has 0 radical (unpaired) electrons. The molecule has 2 N–H and O–H groups in total. The second-order valence-electron chi connectivity index (χ2n) is 3.50. The minimum absolute atomic E-state index is 0. The van der Waals surface area contributed by atoms with Crippen LogP contribution in [0.2, 0.25) is 0 Å². The van der Waals surface area contributed by atoms with Gasteiger partial charge in [-0.15, -0.1) is 28.3 Å². The highest BCUT2D eigenvalue weighted by Crippen LogP contribution is 2.40. The van der Waals surface area contributed by atoms with Crippen LogP contribution in [-0.4, -0.2) is 9.91 Å².